The van der Waals surface area contributed by atoms with E-state index >= 15 is 0 Å². The van der Waals surface area contributed by atoms with Gasteiger partial charge in [-0.1, -0.05) is 98.3 Å². The average molecular weight is 642 g/mol. The fourth-order valence-electron chi connectivity index (χ4n) is 7.70. The zero-order chi connectivity index (χ0) is 33.1. The molecule has 4 heterocycles. The van der Waals surface area contributed by atoms with Gasteiger partial charge in [0.2, 0.25) is 17.7 Å². The third-order valence-electron chi connectivity index (χ3n) is 9.94. The molecule has 0 saturated carbocycles. The highest BCUT2D eigenvalue weighted by molar-refractivity contribution is 5.99. The Bertz CT molecular complexity index is 1530. The van der Waals surface area contributed by atoms with Crippen LogP contribution in [0.15, 0.2) is 85.0 Å². The topological polar surface area (TPSA) is 125 Å². The minimum absolute atomic E-state index is 0.0678. The number of fused-ring (bicyclic) bond motifs is 2. The van der Waals surface area contributed by atoms with Crippen molar-refractivity contribution in [3.8, 4) is 0 Å². The van der Waals surface area contributed by atoms with Gasteiger partial charge in [-0.25, -0.2) is 0 Å². The van der Waals surface area contributed by atoms with E-state index in [0.717, 1.165) is 12.8 Å². The molecule has 0 aliphatic carbocycles. The van der Waals surface area contributed by atoms with Crippen LogP contribution in [0.4, 0.5) is 0 Å². The van der Waals surface area contributed by atoms with Gasteiger partial charge in [0.15, 0.2) is 0 Å². The minimum atomic E-state index is -1.49. The summed E-state index contributed by atoms with van der Waals surface area (Å²) in [5.41, 5.74) is -0.123. The smallest absolute Gasteiger partial charge is 0.313 e. The van der Waals surface area contributed by atoms with Crippen molar-refractivity contribution in [3.05, 3.63) is 96.1 Å². The number of hydrogen-bond donors (Lipinski definition) is 2. The molecule has 0 aromatic heterocycles. The minimum Gasteiger partial charge on any atom is -0.455 e. The van der Waals surface area contributed by atoms with Crippen LogP contribution in [0.25, 0.3) is 0 Å². The molecule has 2 fully saturated rings. The summed E-state index contributed by atoms with van der Waals surface area (Å²) in [6.45, 7) is 4.02. The van der Waals surface area contributed by atoms with Crippen molar-refractivity contribution in [1.29, 1.82) is 0 Å². The number of aliphatic hydroxyl groups is 1. The van der Waals surface area contributed by atoms with E-state index in [2.05, 4.69) is 12.2 Å². The zero-order valence-corrected chi connectivity index (χ0v) is 26.9. The number of cyclic esters (lactones) is 1. The molecule has 10 nitrogen and oxygen atoms in total. The Morgan fingerprint density at radius 1 is 1.00 bits per heavy atom. The van der Waals surface area contributed by atoms with E-state index in [4.69, 9.17) is 9.47 Å². The van der Waals surface area contributed by atoms with Crippen molar-refractivity contribution in [2.45, 2.75) is 75.5 Å². The quantitative estimate of drug-likeness (QED) is 0.350. The molecule has 0 radical (unpaired) electrons. The largest absolute Gasteiger partial charge is 0.455 e. The number of rotatable bonds is 7. The number of nitrogens with one attached hydrogen (secondary N) is 1. The second-order valence-corrected chi connectivity index (χ2v) is 12.8. The van der Waals surface area contributed by atoms with Gasteiger partial charge >= 0.3 is 5.97 Å². The molecule has 2 aromatic carbocycles. The molecule has 1 spiro atoms. The molecule has 1 unspecified atom stereocenters. The first-order chi connectivity index (χ1) is 22.8. The monoisotopic (exact) mass is 641 g/mol. The van der Waals surface area contributed by atoms with Gasteiger partial charge in [0.25, 0.3) is 0 Å². The lowest BCUT2D eigenvalue weighted by Crippen LogP contribution is -2.57. The maximum Gasteiger partial charge on any atom is 0.313 e. The van der Waals surface area contributed by atoms with Crippen LogP contribution in [0.3, 0.4) is 0 Å². The second-order valence-electron chi connectivity index (χ2n) is 12.8. The van der Waals surface area contributed by atoms with Crippen LogP contribution in [0.5, 0.6) is 0 Å². The maximum absolute atomic E-state index is 14.9. The van der Waals surface area contributed by atoms with Gasteiger partial charge < -0.3 is 29.7 Å². The number of likely N-dealkylation sites (tertiary alicyclic amines) is 1. The summed E-state index contributed by atoms with van der Waals surface area (Å²) < 4.78 is 13.0. The van der Waals surface area contributed by atoms with Gasteiger partial charge in [-0.3, -0.25) is 19.2 Å². The first-order valence-electron chi connectivity index (χ1n) is 16.6. The molecule has 4 aliphatic heterocycles. The standard InChI is InChI=1S/C37H43N3O7/c1-3-13-24(2)39-21-12-20-37-32(34(43)40(33(37)35(39)44)27(23-41)25-14-6-4-7-15-25)31-28(47-37)18-10-11-19-30(42)38-22-29(46-36(31)45)26-16-8-5-9-17-26/h4-10,12,14-18,20,24,27-29,31-33,41H,3,11,13,19,21-23H2,1-2H3,(H,38,42)/b18-10-/t24?,27-,28-,29+,31+,32+,33-,37+/m1/s1. The van der Waals surface area contributed by atoms with Crippen molar-refractivity contribution in [2.75, 3.05) is 19.7 Å². The van der Waals surface area contributed by atoms with Gasteiger partial charge in [-0.05, 0) is 30.9 Å². The number of benzene rings is 2. The summed E-state index contributed by atoms with van der Waals surface area (Å²) in [6, 6.07) is 16.2. The van der Waals surface area contributed by atoms with Crippen LogP contribution in [-0.4, -0.2) is 82.1 Å². The van der Waals surface area contributed by atoms with Crippen LogP contribution in [0.1, 0.15) is 62.8 Å². The van der Waals surface area contributed by atoms with Crippen LogP contribution in [0.2, 0.25) is 0 Å². The number of allylic oxidation sites excluding steroid dienone is 1. The molecule has 2 N–H and O–H groups in total. The van der Waals surface area contributed by atoms with E-state index in [0.29, 0.717) is 24.1 Å². The second kappa shape index (κ2) is 13.8. The number of hydrogen-bond acceptors (Lipinski definition) is 7. The van der Waals surface area contributed by atoms with Gasteiger partial charge in [0.05, 0.1) is 31.2 Å². The molecule has 47 heavy (non-hydrogen) atoms. The predicted octanol–water partition coefficient (Wildman–Crippen LogP) is 3.64. The van der Waals surface area contributed by atoms with E-state index in [9.17, 15) is 24.3 Å². The first-order valence-corrected chi connectivity index (χ1v) is 16.6. The number of carbonyl (C=O) groups is 4. The predicted molar refractivity (Wildman–Crippen MR) is 173 cm³/mol. The van der Waals surface area contributed by atoms with Crippen LogP contribution in [0, 0.1) is 11.8 Å². The molecular weight excluding hydrogens is 598 g/mol. The number of ether oxygens (including phenoxy) is 2. The third kappa shape index (κ3) is 6.00. The van der Waals surface area contributed by atoms with Gasteiger partial charge in [-0.15, -0.1) is 0 Å². The molecule has 6 rings (SSSR count). The van der Waals surface area contributed by atoms with E-state index in [1.807, 2.05) is 73.7 Å². The molecule has 4 aliphatic rings. The normalized spacial score (nSPS) is 31.3. The summed E-state index contributed by atoms with van der Waals surface area (Å²) in [6.07, 6.45) is 7.75. The zero-order valence-electron chi connectivity index (χ0n) is 26.9. The molecule has 10 heteroatoms. The van der Waals surface area contributed by atoms with Gasteiger partial charge in [0, 0.05) is 19.0 Å². The number of nitrogens with zero attached hydrogens (tertiary/aromatic N) is 2. The summed E-state index contributed by atoms with van der Waals surface area (Å²) in [4.78, 5) is 59.8. The van der Waals surface area contributed by atoms with Crippen molar-refractivity contribution >= 4 is 23.7 Å². The van der Waals surface area contributed by atoms with Crippen LogP contribution in [-0.2, 0) is 28.7 Å². The Hall–Kier alpha value is -4.28. The maximum atomic E-state index is 14.9. The molecule has 2 aromatic rings. The third-order valence-corrected chi connectivity index (χ3v) is 9.94. The van der Waals surface area contributed by atoms with E-state index in [-0.39, 0.29) is 30.8 Å². The number of amides is 3. The van der Waals surface area contributed by atoms with Crippen molar-refractivity contribution in [1.82, 2.24) is 15.1 Å². The highest BCUT2D eigenvalue weighted by Gasteiger charge is 2.72. The highest BCUT2D eigenvalue weighted by atomic mass is 16.6. The number of esters is 1. The summed E-state index contributed by atoms with van der Waals surface area (Å²) in [5, 5.41) is 13.7. The summed E-state index contributed by atoms with van der Waals surface area (Å²) in [5.74, 6) is -3.74. The Kier molecular flexibility index (Phi) is 9.61. The number of carbonyl (C=O) groups excluding carboxylic acids is 4. The molecular formula is C37H43N3O7. The fraction of sp³-hybridized carbons (Fsp3) is 0.459. The Morgan fingerprint density at radius 2 is 1.72 bits per heavy atom. The lowest BCUT2D eigenvalue weighted by Gasteiger charge is -2.40. The van der Waals surface area contributed by atoms with E-state index in [1.54, 1.807) is 23.1 Å². The fourth-order valence-corrected chi connectivity index (χ4v) is 7.70. The molecule has 248 valence electrons. The molecule has 0 bridgehead atoms. The average Bonchev–Trinajstić information content (AvgIpc) is 3.46. The van der Waals surface area contributed by atoms with Crippen molar-refractivity contribution < 1.29 is 33.8 Å². The van der Waals surface area contributed by atoms with E-state index < -0.39 is 60.2 Å². The lowest BCUT2D eigenvalue weighted by atomic mass is 9.77. The SMILES string of the molecule is CCCC(C)N1CC=C[C@]23O[C@@H]4/C=C\CCC(=O)NC[C@@H](c5ccccc5)OC(=O)[C@@H]4[C@H]2C(=O)N([C@H](CO)c2ccccc2)[C@@H]3C1=O. The molecule has 3 amide bonds. The van der Waals surface area contributed by atoms with Crippen LogP contribution >= 0.6 is 0 Å². The Balaban J connectivity index is 1.47. The van der Waals surface area contributed by atoms with Gasteiger partial charge in [-0.2, -0.15) is 0 Å². The van der Waals surface area contributed by atoms with Crippen molar-refractivity contribution in [3.63, 3.8) is 0 Å². The van der Waals surface area contributed by atoms with Crippen LogP contribution < -0.4 is 5.32 Å². The van der Waals surface area contributed by atoms with E-state index in [1.165, 1.54) is 4.90 Å². The summed E-state index contributed by atoms with van der Waals surface area (Å²) >= 11 is 0. The molecule has 8 atom stereocenters. The molecule has 2 saturated heterocycles. The van der Waals surface area contributed by atoms with Crippen molar-refractivity contribution in [2.24, 2.45) is 11.8 Å². The van der Waals surface area contributed by atoms with Gasteiger partial charge in [0.1, 0.15) is 23.7 Å². The Labute approximate surface area is 275 Å². The lowest BCUT2D eigenvalue weighted by molar-refractivity contribution is -0.161. The Morgan fingerprint density at radius 3 is 2.43 bits per heavy atom. The number of aliphatic hydroxyl groups excluding tert-OH is 1. The highest BCUT2D eigenvalue weighted by Crippen LogP contribution is 2.55. The summed E-state index contributed by atoms with van der Waals surface area (Å²) in [7, 11) is 0. The first kappa shape index (κ1) is 32.7.